The maximum atomic E-state index is 11.7. The van der Waals surface area contributed by atoms with E-state index in [1.54, 1.807) is 25.3 Å². The molecule has 23 heavy (non-hydrogen) atoms. The van der Waals surface area contributed by atoms with Gasteiger partial charge in [0, 0.05) is 6.04 Å². The molecule has 0 bridgehead atoms. The van der Waals surface area contributed by atoms with Crippen LogP contribution in [-0.4, -0.2) is 38.3 Å². The molecule has 124 valence electrons. The topological polar surface area (TPSA) is 89.0 Å². The number of nitrogens with zero attached hydrogens (tertiary/aromatic N) is 1. The van der Waals surface area contributed by atoms with Gasteiger partial charge in [-0.3, -0.25) is 9.59 Å². The minimum atomic E-state index is -0.770. The van der Waals surface area contributed by atoms with Crippen LogP contribution in [0.3, 0.4) is 0 Å². The molecule has 2 N–H and O–H groups in total. The summed E-state index contributed by atoms with van der Waals surface area (Å²) < 4.78 is 10.3. The van der Waals surface area contributed by atoms with Crippen LogP contribution in [0.15, 0.2) is 23.3 Å². The molecule has 0 atom stereocenters. The number of hydrazone groups is 1. The van der Waals surface area contributed by atoms with Crippen LogP contribution in [0.1, 0.15) is 31.2 Å². The molecular formula is C16H21N3O4. The maximum absolute atomic E-state index is 11.7. The van der Waals surface area contributed by atoms with Gasteiger partial charge in [0.1, 0.15) is 0 Å². The summed E-state index contributed by atoms with van der Waals surface area (Å²) in [5.41, 5.74) is 2.92. The second-order valence-corrected chi connectivity index (χ2v) is 5.27. The van der Waals surface area contributed by atoms with Gasteiger partial charge in [0.25, 0.3) is 0 Å². The Bertz CT molecular complexity index is 595. The Morgan fingerprint density at radius 1 is 1.13 bits per heavy atom. The van der Waals surface area contributed by atoms with Crippen LogP contribution in [-0.2, 0) is 9.59 Å². The van der Waals surface area contributed by atoms with Crippen LogP contribution < -0.4 is 20.2 Å². The number of rotatable bonds is 5. The molecule has 0 aliphatic heterocycles. The van der Waals surface area contributed by atoms with Crippen LogP contribution in [0.5, 0.6) is 11.5 Å². The summed E-state index contributed by atoms with van der Waals surface area (Å²) in [6.45, 7) is 0. The molecule has 0 heterocycles. The van der Waals surface area contributed by atoms with Crippen molar-refractivity contribution in [2.24, 2.45) is 5.10 Å². The largest absolute Gasteiger partial charge is 0.493 e. The first-order chi connectivity index (χ1) is 11.1. The van der Waals surface area contributed by atoms with Crippen molar-refractivity contribution in [1.29, 1.82) is 0 Å². The SMILES string of the molecule is COc1ccc(/C=N\NC(=O)C(=O)NC2CCCC2)cc1OC. The van der Waals surface area contributed by atoms with Crippen molar-refractivity contribution in [3.8, 4) is 11.5 Å². The van der Waals surface area contributed by atoms with Crippen molar-refractivity contribution in [2.75, 3.05) is 14.2 Å². The molecule has 1 fully saturated rings. The Kier molecular flexibility index (Phi) is 5.96. The smallest absolute Gasteiger partial charge is 0.329 e. The van der Waals surface area contributed by atoms with E-state index in [2.05, 4.69) is 15.8 Å². The van der Waals surface area contributed by atoms with Crippen molar-refractivity contribution in [3.05, 3.63) is 23.8 Å². The maximum Gasteiger partial charge on any atom is 0.329 e. The molecule has 1 aromatic carbocycles. The molecule has 1 aromatic rings. The van der Waals surface area contributed by atoms with Gasteiger partial charge in [0.15, 0.2) is 11.5 Å². The fraction of sp³-hybridized carbons (Fsp3) is 0.438. The molecule has 0 radical (unpaired) electrons. The van der Waals surface area contributed by atoms with Gasteiger partial charge in [-0.1, -0.05) is 12.8 Å². The Morgan fingerprint density at radius 2 is 1.83 bits per heavy atom. The fourth-order valence-electron chi connectivity index (χ4n) is 2.47. The molecule has 0 unspecified atom stereocenters. The molecular weight excluding hydrogens is 298 g/mol. The third-order valence-corrected chi connectivity index (χ3v) is 3.68. The number of amides is 2. The Labute approximate surface area is 135 Å². The van der Waals surface area contributed by atoms with E-state index in [0.717, 1.165) is 25.7 Å². The van der Waals surface area contributed by atoms with Crippen LogP contribution in [0.25, 0.3) is 0 Å². The normalized spacial score (nSPS) is 14.7. The minimum absolute atomic E-state index is 0.100. The minimum Gasteiger partial charge on any atom is -0.493 e. The third kappa shape index (κ3) is 4.70. The fourth-order valence-corrected chi connectivity index (χ4v) is 2.47. The highest BCUT2D eigenvalue weighted by molar-refractivity contribution is 6.35. The lowest BCUT2D eigenvalue weighted by molar-refractivity contribution is -0.139. The number of hydrogen-bond donors (Lipinski definition) is 2. The van der Waals surface area contributed by atoms with Crippen LogP contribution in [0, 0.1) is 0 Å². The summed E-state index contributed by atoms with van der Waals surface area (Å²) >= 11 is 0. The number of nitrogens with one attached hydrogen (secondary N) is 2. The molecule has 1 saturated carbocycles. The molecule has 1 aliphatic rings. The number of methoxy groups -OCH3 is 2. The van der Waals surface area contributed by atoms with E-state index in [1.807, 2.05) is 0 Å². The predicted molar refractivity (Wildman–Crippen MR) is 85.7 cm³/mol. The number of carbonyl (C=O) groups excluding carboxylic acids is 2. The molecule has 7 nitrogen and oxygen atoms in total. The van der Waals surface area contributed by atoms with Gasteiger partial charge in [-0.05, 0) is 36.6 Å². The van der Waals surface area contributed by atoms with E-state index in [-0.39, 0.29) is 6.04 Å². The lowest BCUT2D eigenvalue weighted by Gasteiger charge is -2.10. The highest BCUT2D eigenvalue weighted by atomic mass is 16.5. The molecule has 2 amide bonds. The summed E-state index contributed by atoms with van der Waals surface area (Å²) in [5, 5.41) is 6.49. The van der Waals surface area contributed by atoms with E-state index in [4.69, 9.17) is 9.47 Å². The van der Waals surface area contributed by atoms with Gasteiger partial charge in [-0.2, -0.15) is 5.10 Å². The lowest BCUT2D eigenvalue weighted by Crippen LogP contribution is -2.42. The Hall–Kier alpha value is -2.57. The molecule has 0 saturated heterocycles. The second kappa shape index (κ2) is 8.17. The van der Waals surface area contributed by atoms with Gasteiger partial charge in [-0.25, -0.2) is 5.43 Å². The predicted octanol–water partition coefficient (Wildman–Crippen LogP) is 1.21. The van der Waals surface area contributed by atoms with E-state index < -0.39 is 11.8 Å². The van der Waals surface area contributed by atoms with Crippen molar-refractivity contribution >= 4 is 18.0 Å². The number of ether oxygens (including phenoxy) is 2. The first kappa shape index (κ1) is 16.8. The molecule has 0 aromatic heterocycles. The summed E-state index contributed by atoms with van der Waals surface area (Å²) in [4.78, 5) is 23.4. The quantitative estimate of drug-likeness (QED) is 0.485. The van der Waals surface area contributed by atoms with Gasteiger partial charge >= 0.3 is 11.8 Å². The summed E-state index contributed by atoms with van der Waals surface area (Å²) in [6.07, 6.45) is 5.46. The van der Waals surface area contributed by atoms with Crippen molar-refractivity contribution < 1.29 is 19.1 Å². The molecule has 7 heteroatoms. The highest BCUT2D eigenvalue weighted by Crippen LogP contribution is 2.26. The Morgan fingerprint density at radius 3 is 2.48 bits per heavy atom. The summed E-state index contributed by atoms with van der Waals surface area (Å²) in [6, 6.07) is 5.31. The van der Waals surface area contributed by atoms with Gasteiger partial charge in [-0.15, -0.1) is 0 Å². The van der Waals surface area contributed by atoms with Crippen molar-refractivity contribution in [3.63, 3.8) is 0 Å². The van der Waals surface area contributed by atoms with E-state index in [9.17, 15) is 9.59 Å². The van der Waals surface area contributed by atoms with Crippen molar-refractivity contribution in [2.45, 2.75) is 31.7 Å². The average Bonchev–Trinajstić information content (AvgIpc) is 3.07. The van der Waals surface area contributed by atoms with Crippen LogP contribution in [0.2, 0.25) is 0 Å². The van der Waals surface area contributed by atoms with Crippen LogP contribution >= 0.6 is 0 Å². The number of hydrogen-bond acceptors (Lipinski definition) is 5. The first-order valence-corrected chi connectivity index (χ1v) is 7.50. The Balaban J connectivity index is 1.87. The zero-order valence-electron chi connectivity index (χ0n) is 13.3. The number of carbonyl (C=O) groups is 2. The van der Waals surface area contributed by atoms with E-state index >= 15 is 0 Å². The first-order valence-electron chi connectivity index (χ1n) is 7.50. The second-order valence-electron chi connectivity index (χ2n) is 5.27. The van der Waals surface area contributed by atoms with E-state index in [0.29, 0.717) is 17.1 Å². The summed E-state index contributed by atoms with van der Waals surface area (Å²) in [5.74, 6) is -0.263. The zero-order valence-corrected chi connectivity index (χ0v) is 13.3. The lowest BCUT2D eigenvalue weighted by atomic mass is 10.2. The third-order valence-electron chi connectivity index (χ3n) is 3.68. The monoisotopic (exact) mass is 319 g/mol. The van der Waals surface area contributed by atoms with Crippen LogP contribution in [0.4, 0.5) is 0 Å². The molecule has 1 aliphatic carbocycles. The van der Waals surface area contributed by atoms with Gasteiger partial charge < -0.3 is 14.8 Å². The highest BCUT2D eigenvalue weighted by Gasteiger charge is 2.20. The number of benzene rings is 1. The molecule has 2 rings (SSSR count). The zero-order chi connectivity index (χ0) is 16.7. The van der Waals surface area contributed by atoms with Gasteiger partial charge in [0.05, 0.1) is 20.4 Å². The molecule has 0 spiro atoms. The van der Waals surface area contributed by atoms with Gasteiger partial charge in [0.2, 0.25) is 0 Å². The average molecular weight is 319 g/mol. The van der Waals surface area contributed by atoms with Crippen molar-refractivity contribution in [1.82, 2.24) is 10.7 Å². The summed E-state index contributed by atoms with van der Waals surface area (Å²) in [7, 11) is 3.09. The van der Waals surface area contributed by atoms with E-state index in [1.165, 1.54) is 13.3 Å². The standard InChI is InChI=1S/C16H21N3O4/c1-22-13-8-7-11(9-14(13)23-2)10-17-19-16(21)15(20)18-12-5-3-4-6-12/h7-10,12H,3-6H2,1-2H3,(H,18,20)(H,19,21)/b17-10-.